The van der Waals surface area contributed by atoms with Crippen molar-refractivity contribution in [3.63, 3.8) is 0 Å². The van der Waals surface area contributed by atoms with E-state index in [1.807, 2.05) is 7.05 Å². The predicted molar refractivity (Wildman–Crippen MR) is 105 cm³/mol. The minimum Gasteiger partial charge on any atom is -0.496 e. The van der Waals surface area contributed by atoms with Crippen molar-refractivity contribution >= 4 is 5.96 Å². The van der Waals surface area contributed by atoms with Gasteiger partial charge in [-0.25, -0.2) is 0 Å². The van der Waals surface area contributed by atoms with Crippen LogP contribution in [0.4, 0.5) is 0 Å². The largest absolute Gasteiger partial charge is 0.496 e. The molecular weight excluding hydrogens is 312 g/mol. The molecule has 1 aliphatic heterocycles. The number of aryl methyl sites for hydroxylation is 1. The molecule has 25 heavy (non-hydrogen) atoms. The Balaban J connectivity index is 1.83. The zero-order chi connectivity index (χ0) is 18.2. The number of nitrogens with zero attached hydrogens (tertiary/aromatic N) is 2. The number of ether oxygens (including phenoxy) is 1. The Morgan fingerprint density at radius 2 is 2.16 bits per heavy atom. The summed E-state index contributed by atoms with van der Waals surface area (Å²) in [4.78, 5) is 6.93. The van der Waals surface area contributed by atoms with Crippen molar-refractivity contribution in [3.8, 4) is 5.75 Å². The molecule has 5 nitrogen and oxygen atoms in total. The van der Waals surface area contributed by atoms with Crippen LogP contribution in [-0.4, -0.2) is 50.7 Å². The topological polar surface area (TPSA) is 48.9 Å². The number of hydrogen-bond donors (Lipinski definition) is 2. The highest BCUT2D eigenvalue weighted by Crippen LogP contribution is 2.20. The van der Waals surface area contributed by atoms with Gasteiger partial charge in [-0.2, -0.15) is 0 Å². The molecule has 140 valence electrons. The third kappa shape index (κ3) is 5.92. The normalized spacial score (nSPS) is 19.1. The molecule has 2 N–H and O–H groups in total. The van der Waals surface area contributed by atoms with Crippen LogP contribution in [0.1, 0.15) is 37.8 Å². The van der Waals surface area contributed by atoms with Gasteiger partial charge in [0.05, 0.1) is 7.11 Å². The zero-order valence-corrected chi connectivity index (χ0v) is 16.4. The summed E-state index contributed by atoms with van der Waals surface area (Å²) < 4.78 is 5.48. The number of methoxy groups -OCH3 is 1. The Morgan fingerprint density at radius 3 is 2.84 bits per heavy atom. The maximum absolute atomic E-state index is 5.48. The third-order valence-corrected chi connectivity index (χ3v) is 4.95. The van der Waals surface area contributed by atoms with Gasteiger partial charge in [0.1, 0.15) is 5.75 Å². The molecule has 1 atom stereocenters. The van der Waals surface area contributed by atoms with Gasteiger partial charge < -0.3 is 20.3 Å². The number of aliphatic imine (C=N–C) groups is 1. The summed E-state index contributed by atoms with van der Waals surface area (Å²) in [7, 11) is 3.54. The van der Waals surface area contributed by atoms with Crippen molar-refractivity contribution in [1.82, 2.24) is 15.5 Å². The number of hydrogen-bond acceptors (Lipinski definition) is 3. The van der Waals surface area contributed by atoms with E-state index in [0.29, 0.717) is 18.5 Å². The minimum atomic E-state index is 0.634. The molecular formula is C20H34N4O. The Hall–Kier alpha value is -1.75. The lowest BCUT2D eigenvalue weighted by atomic mass is 9.97. The van der Waals surface area contributed by atoms with Crippen LogP contribution < -0.4 is 15.4 Å². The van der Waals surface area contributed by atoms with Crippen LogP contribution in [0.15, 0.2) is 23.2 Å². The summed E-state index contributed by atoms with van der Waals surface area (Å²) in [5, 5.41) is 6.89. The lowest BCUT2D eigenvalue weighted by Crippen LogP contribution is -2.46. The molecule has 0 radical (unpaired) electrons. The van der Waals surface area contributed by atoms with Crippen LogP contribution in [0.5, 0.6) is 5.75 Å². The van der Waals surface area contributed by atoms with Gasteiger partial charge in [-0.3, -0.25) is 4.99 Å². The molecule has 2 rings (SSSR count). The van der Waals surface area contributed by atoms with Gasteiger partial charge >= 0.3 is 0 Å². The molecule has 0 bridgehead atoms. The van der Waals surface area contributed by atoms with Crippen molar-refractivity contribution in [2.75, 3.05) is 33.8 Å². The van der Waals surface area contributed by atoms with E-state index in [9.17, 15) is 0 Å². The molecule has 1 fully saturated rings. The summed E-state index contributed by atoms with van der Waals surface area (Å²) in [6, 6.07) is 6.92. The number of nitrogens with one attached hydrogen (secondary N) is 2. The summed E-state index contributed by atoms with van der Waals surface area (Å²) in [6.45, 7) is 10.7. The molecule has 0 aromatic heterocycles. The Kier molecular flexibility index (Phi) is 7.56. The average Bonchev–Trinajstić information content (AvgIpc) is 2.62. The van der Waals surface area contributed by atoms with Gasteiger partial charge in [0.15, 0.2) is 5.96 Å². The maximum atomic E-state index is 5.48. The molecule has 1 saturated heterocycles. The standard InChI is InChI=1S/C20H34N4O/c1-15(2)24-10-6-7-17(14-24)12-22-20(21-4)23-13-18-9-8-16(3)11-19(18)25-5/h8-9,11,15,17H,6-7,10,12-14H2,1-5H3,(H2,21,22,23). The van der Waals surface area contributed by atoms with E-state index in [1.54, 1.807) is 7.11 Å². The van der Waals surface area contributed by atoms with Crippen molar-refractivity contribution in [2.24, 2.45) is 10.9 Å². The van der Waals surface area contributed by atoms with E-state index < -0.39 is 0 Å². The van der Waals surface area contributed by atoms with Gasteiger partial charge in [-0.15, -0.1) is 0 Å². The molecule has 0 aliphatic carbocycles. The quantitative estimate of drug-likeness (QED) is 0.614. The Bertz CT molecular complexity index is 571. The second kappa shape index (κ2) is 9.66. The highest BCUT2D eigenvalue weighted by atomic mass is 16.5. The van der Waals surface area contributed by atoms with E-state index in [2.05, 4.69) is 59.5 Å². The molecule has 0 amide bonds. The predicted octanol–water partition coefficient (Wildman–Crippen LogP) is 2.79. The van der Waals surface area contributed by atoms with Crippen LogP contribution in [0, 0.1) is 12.8 Å². The first-order valence-corrected chi connectivity index (χ1v) is 9.35. The number of likely N-dealkylation sites (tertiary alicyclic amines) is 1. The fourth-order valence-electron chi connectivity index (χ4n) is 3.37. The molecule has 5 heteroatoms. The van der Waals surface area contributed by atoms with Gasteiger partial charge in [0.25, 0.3) is 0 Å². The van der Waals surface area contributed by atoms with Crippen molar-refractivity contribution in [1.29, 1.82) is 0 Å². The first kappa shape index (κ1) is 19.6. The van der Waals surface area contributed by atoms with Gasteiger partial charge in [0.2, 0.25) is 0 Å². The fraction of sp³-hybridized carbons (Fsp3) is 0.650. The molecule has 1 aromatic carbocycles. The first-order valence-electron chi connectivity index (χ1n) is 9.35. The van der Waals surface area contributed by atoms with E-state index >= 15 is 0 Å². The van der Waals surface area contributed by atoms with Crippen LogP contribution in [0.25, 0.3) is 0 Å². The number of piperidine rings is 1. The van der Waals surface area contributed by atoms with Crippen molar-refractivity contribution < 1.29 is 4.74 Å². The van der Waals surface area contributed by atoms with E-state index in [-0.39, 0.29) is 0 Å². The average molecular weight is 347 g/mol. The van der Waals surface area contributed by atoms with Crippen LogP contribution in [0.2, 0.25) is 0 Å². The summed E-state index contributed by atoms with van der Waals surface area (Å²) in [6.07, 6.45) is 2.58. The zero-order valence-electron chi connectivity index (χ0n) is 16.4. The highest BCUT2D eigenvalue weighted by molar-refractivity contribution is 5.79. The van der Waals surface area contributed by atoms with Crippen molar-refractivity contribution in [2.45, 2.75) is 46.2 Å². The third-order valence-electron chi connectivity index (χ3n) is 4.95. The fourth-order valence-corrected chi connectivity index (χ4v) is 3.37. The first-order chi connectivity index (χ1) is 12.0. The number of guanidine groups is 1. The highest BCUT2D eigenvalue weighted by Gasteiger charge is 2.21. The van der Waals surface area contributed by atoms with E-state index in [0.717, 1.165) is 23.8 Å². The minimum absolute atomic E-state index is 0.634. The molecule has 0 spiro atoms. The smallest absolute Gasteiger partial charge is 0.191 e. The van der Waals surface area contributed by atoms with Crippen LogP contribution in [-0.2, 0) is 6.54 Å². The van der Waals surface area contributed by atoms with Gasteiger partial charge in [-0.05, 0) is 57.7 Å². The molecule has 1 aliphatic rings. The molecule has 1 unspecified atom stereocenters. The monoisotopic (exact) mass is 346 g/mol. The van der Waals surface area contributed by atoms with E-state index in [1.165, 1.54) is 31.5 Å². The Morgan fingerprint density at radius 1 is 1.36 bits per heavy atom. The lowest BCUT2D eigenvalue weighted by molar-refractivity contribution is 0.141. The second-order valence-corrected chi connectivity index (χ2v) is 7.22. The SMILES string of the molecule is CN=C(NCc1ccc(C)cc1OC)NCC1CCCN(C(C)C)C1. The lowest BCUT2D eigenvalue weighted by Gasteiger charge is -2.35. The molecule has 1 heterocycles. The van der Waals surface area contributed by atoms with Crippen molar-refractivity contribution in [3.05, 3.63) is 29.3 Å². The maximum Gasteiger partial charge on any atom is 0.191 e. The van der Waals surface area contributed by atoms with Crippen LogP contribution in [0.3, 0.4) is 0 Å². The summed E-state index contributed by atoms with van der Waals surface area (Å²) in [5.74, 6) is 2.45. The Labute approximate surface area is 152 Å². The molecule has 1 aromatic rings. The molecule has 0 saturated carbocycles. The van der Waals surface area contributed by atoms with E-state index in [4.69, 9.17) is 4.74 Å². The second-order valence-electron chi connectivity index (χ2n) is 7.22. The number of benzene rings is 1. The number of rotatable bonds is 6. The van der Waals surface area contributed by atoms with Gasteiger partial charge in [0, 0.05) is 38.3 Å². The van der Waals surface area contributed by atoms with Crippen LogP contribution >= 0.6 is 0 Å². The van der Waals surface area contributed by atoms with Gasteiger partial charge in [-0.1, -0.05) is 12.1 Å². The summed E-state index contributed by atoms with van der Waals surface area (Å²) >= 11 is 0. The summed E-state index contributed by atoms with van der Waals surface area (Å²) in [5.41, 5.74) is 2.34.